The first-order chi connectivity index (χ1) is 6.63. The van der Waals surface area contributed by atoms with Gasteiger partial charge in [0.2, 0.25) is 5.91 Å². The number of rotatable bonds is 2. The fourth-order valence-corrected chi connectivity index (χ4v) is 1.27. The molecule has 1 aromatic carbocycles. The minimum Gasteiger partial charge on any atom is -0.339 e. The standard InChI is InChI=1S/C12H13NO/c1-4-12(13-10(3)14)11-7-5-6-9(2)8-11/h1,5-8,12H,2-3H3,(H,13,14)/t12-/m0/s1. The van der Waals surface area contributed by atoms with E-state index in [1.54, 1.807) is 0 Å². The first-order valence-corrected chi connectivity index (χ1v) is 4.43. The predicted octanol–water partition coefficient (Wildman–Crippen LogP) is 1.81. The molecule has 0 radical (unpaired) electrons. The third kappa shape index (κ3) is 2.63. The van der Waals surface area contributed by atoms with Crippen LogP contribution in [0.25, 0.3) is 0 Å². The molecule has 14 heavy (non-hydrogen) atoms. The largest absolute Gasteiger partial charge is 0.339 e. The molecule has 1 N–H and O–H groups in total. The van der Waals surface area contributed by atoms with Crippen molar-refractivity contribution in [2.75, 3.05) is 0 Å². The van der Waals surface area contributed by atoms with Crippen molar-refractivity contribution in [1.82, 2.24) is 5.32 Å². The first kappa shape index (κ1) is 10.3. The number of amides is 1. The van der Waals surface area contributed by atoms with Crippen LogP contribution in [0.3, 0.4) is 0 Å². The monoisotopic (exact) mass is 187 g/mol. The number of nitrogens with one attached hydrogen (secondary N) is 1. The van der Waals surface area contributed by atoms with E-state index in [-0.39, 0.29) is 11.9 Å². The summed E-state index contributed by atoms with van der Waals surface area (Å²) in [5.41, 5.74) is 2.08. The fourth-order valence-electron chi connectivity index (χ4n) is 1.27. The van der Waals surface area contributed by atoms with Crippen molar-refractivity contribution < 1.29 is 4.79 Å². The van der Waals surface area contributed by atoms with E-state index in [4.69, 9.17) is 6.42 Å². The van der Waals surface area contributed by atoms with Gasteiger partial charge in [0.15, 0.2) is 0 Å². The molecule has 0 unspecified atom stereocenters. The molecule has 0 fully saturated rings. The summed E-state index contributed by atoms with van der Waals surface area (Å²) in [6.07, 6.45) is 5.34. The molecule has 1 aromatic rings. The van der Waals surface area contributed by atoms with Crippen LogP contribution in [0, 0.1) is 19.3 Å². The number of hydrogen-bond acceptors (Lipinski definition) is 1. The zero-order chi connectivity index (χ0) is 10.6. The van der Waals surface area contributed by atoms with E-state index >= 15 is 0 Å². The fraction of sp³-hybridized carbons (Fsp3) is 0.250. The zero-order valence-electron chi connectivity index (χ0n) is 8.37. The van der Waals surface area contributed by atoms with Crippen LogP contribution in [-0.2, 0) is 4.79 Å². The Hall–Kier alpha value is -1.75. The maximum atomic E-state index is 10.9. The maximum absolute atomic E-state index is 10.9. The highest BCUT2D eigenvalue weighted by molar-refractivity contribution is 5.74. The van der Waals surface area contributed by atoms with Crippen LogP contribution in [-0.4, -0.2) is 5.91 Å². The average molecular weight is 187 g/mol. The highest BCUT2D eigenvalue weighted by atomic mass is 16.1. The highest BCUT2D eigenvalue weighted by Gasteiger charge is 2.08. The molecule has 72 valence electrons. The smallest absolute Gasteiger partial charge is 0.218 e. The van der Waals surface area contributed by atoms with Crippen LogP contribution >= 0.6 is 0 Å². The number of hydrogen-bond donors (Lipinski definition) is 1. The van der Waals surface area contributed by atoms with Gasteiger partial charge in [0.1, 0.15) is 6.04 Å². The molecule has 1 amide bonds. The van der Waals surface area contributed by atoms with Crippen LogP contribution < -0.4 is 5.32 Å². The minimum atomic E-state index is -0.326. The Morgan fingerprint density at radius 2 is 2.29 bits per heavy atom. The Kier molecular flexibility index (Phi) is 3.30. The van der Waals surface area contributed by atoms with Crippen molar-refractivity contribution >= 4 is 5.91 Å². The third-order valence-electron chi connectivity index (χ3n) is 1.89. The summed E-state index contributed by atoms with van der Waals surface area (Å²) in [7, 11) is 0. The van der Waals surface area contributed by atoms with E-state index in [0.29, 0.717) is 0 Å². The Balaban J connectivity index is 2.90. The molecule has 1 atom stereocenters. The van der Waals surface area contributed by atoms with Gasteiger partial charge in [-0.3, -0.25) is 4.79 Å². The predicted molar refractivity (Wildman–Crippen MR) is 56.6 cm³/mol. The molecule has 0 aromatic heterocycles. The summed E-state index contributed by atoms with van der Waals surface area (Å²) >= 11 is 0. The highest BCUT2D eigenvalue weighted by Crippen LogP contribution is 2.13. The molecule has 0 spiro atoms. The number of terminal acetylenes is 1. The number of carbonyl (C=O) groups excluding carboxylic acids is 1. The van der Waals surface area contributed by atoms with Gasteiger partial charge in [-0.25, -0.2) is 0 Å². The van der Waals surface area contributed by atoms with E-state index in [1.165, 1.54) is 6.92 Å². The number of benzene rings is 1. The van der Waals surface area contributed by atoms with Crippen molar-refractivity contribution in [2.45, 2.75) is 19.9 Å². The lowest BCUT2D eigenvalue weighted by molar-refractivity contribution is -0.119. The molecule has 0 aliphatic heterocycles. The average Bonchev–Trinajstić information content (AvgIpc) is 2.14. The van der Waals surface area contributed by atoms with Crippen molar-refractivity contribution in [1.29, 1.82) is 0 Å². The molecule has 0 bridgehead atoms. The molecule has 0 aliphatic rings. The summed E-state index contributed by atoms with van der Waals surface area (Å²) in [5, 5.41) is 2.70. The second kappa shape index (κ2) is 4.48. The molecule has 0 saturated heterocycles. The molecule has 0 heterocycles. The van der Waals surface area contributed by atoms with Gasteiger partial charge in [-0.05, 0) is 12.5 Å². The van der Waals surface area contributed by atoms with Crippen molar-refractivity contribution in [3.63, 3.8) is 0 Å². The molecule has 0 saturated carbocycles. The minimum absolute atomic E-state index is 0.116. The van der Waals surface area contributed by atoms with Crippen molar-refractivity contribution in [2.24, 2.45) is 0 Å². The van der Waals surface area contributed by atoms with E-state index in [9.17, 15) is 4.79 Å². The normalized spacial score (nSPS) is 11.5. The second-order valence-electron chi connectivity index (χ2n) is 3.21. The Morgan fingerprint density at radius 3 is 2.79 bits per heavy atom. The number of carbonyl (C=O) groups is 1. The molecule has 2 heteroatoms. The quantitative estimate of drug-likeness (QED) is 0.703. The van der Waals surface area contributed by atoms with E-state index in [2.05, 4.69) is 11.2 Å². The molecular formula is C12H13NO. The zero-order valence-corrected chi connectivity index (χ0v) is 8.37. The summed E-state index contributed by atoms with van der Waals surface area (Å²) in [5.74, 6) is 2.43. The van der Waals surface area contributed by atoms with Crippen LogP contribution in [0.15, 0.2) is 24.3 Å². The lowest BCUT2D eigenvalue weighted by Gasteiger charge is -2.12. The third-order valence-corrected chi connectivity index (χ3v) is 1.89. The van der Waals surface area contributed by atoms with Gasteiger partial charge in [-0.15, -0.1) is 6.42 Å². The van der Waals surface area contributed by atoms with Gasteiger partial charge in [0.05, 0.1) is 0 Å². The molecule has 0 aliphatic carbocycles. The van der Waals surface area contributed by atoms with Gasteiger partial charge in [-0.2, -0.15) is 0 Å². The molecule has 2 nitrogen and oxygen atoms in total. The van der Waals surface area contributed by atoms with E-state index in [1.807, 2.05) is 31.2 Å². The Morgan fingerprint density at radius 1 is 1.57 bits per heavy atom. The summed E-state index contributed by atoms with van der Waals surface area (Å²) in [6.45, 7) is 3.45. The van der Waals surface area contributed by atoms with Gasteiger partial charge in [-0.1, -0.05) is 35.7 Å². The van der Waals surface area contributed by atoms with Crippen LogP contribution in [0.5, 0.6) is 0 Å². The molecular weight excluding hydrogens is 174 g/mol. The lowest BCUT2D eigenvalue weighted by atomic mass is 10.1. The topological polar surface area (TPSA) is 29.1 Å². The van der Waals surface area contributed by atoms with Crippen LogP contribution in [0.4, 0.5) is 0 Å². The summed E-state index contributed by atoms with van der Waals surface area (Å²) in [6, 6.07) is 7.47. The van der Waals surface area contributed by atoms with Crippen molar-refractivity contribution in [3.8, 4) is 12.3 Å². The summed E-state index contributed by atoms with van der Waals surface area (Å²) < 4.78 is 0. The van der Waals surface area contributed by atoms with E-state index in [0.717, 1.165) is 11.1 Å². The van der Waals surface area contributed by atoms with Gasteiger partial charge >= 0.3 is 0 Å². The van der Waals surface area contributed by atoms with Gasteiger partial charge in [0, 0.05) is 6.92 Å². The maximum Gasteiger partial charge on any atom is 0.218 e. The summed E-state index contributed by atoms with van der Waals surface area (Å²) in [4.78, 5) is 10.9. The van der Waals surface area contributed by atoms with Crippen molar-refractivity contribution in [3.05, 3.63) is 35.4 Å². The SMILES string of the molecule is C#C[C@H](NC(C)=O)c1cccc(C)c1. The molecule has 1 rings (SSSR count). The lowest BCUT2D eigenvalue weighted by Crippen LogP contribution is -2.24. The van der Waals surface area contributed by atoms with Gasteiger partial charge in [0.25, 0.3) is 0 Å². The first-order valence-electron chi connectivity index (χ1n) is 4.43. The Labute approximate surface area is 84.3 Å². The Bertz CT molecular complexity index is 376. The van der Waals surface area contributed by atoms with Crippen LogP contribution in [0.1, 0.15) is 24.1 Å². The van der Waals surface area contributed by atoms with Crippen LogP contribution in [0.2, 0.25) is 0 Å². The number of aryl methyl sites for hydroxylation is 1. The van der Waals surface area contributed by atoms with E-state index < -0.39 is 0 Å². The second-order valence-corrected chi connectivity index (χ2v) is 3.21. The van der Waals surface area contributed by atoms with Gasteiger partial charge < -0.3 is 5.32 Å².